The smallest absolute Gasteiger partial charge is 0.357 e. The molecule has 3 heterocycles. The second-order valence-electron chi connectivity index (χ2n) is 8.76. The molecule has 3 aromatic heterocycles. The molecular formula is C29H25Cl2N5O4. The molecule has 0 atom stereocenters. The minimum Gasteiger partial charge on any atom is -0.461 e. The summed E-state index contributed by atoms with van der Waals surface area (Å²) in [5, 5.41) is 9.16. The number of rotatable bonds is 8. The molecule has 5 aromatic rings. The Labute approximate surface area is 240 Å². The van der Waals surface area contributed by atoms with Crippen LogP contribution in [0, 0.1) is 0 Å². The minimum absolute atomic E-state index is 0.127. The fourth-order valence-corrected chi connectivity index (χ4v) is 4.61. The lowest BCUT2D eigenvalue weighted by atomic mass is 10.1. The Morgan fingerprint density at radius 1 is 0.725 bits per heavy atom. The first-order valence-electron chi connectivity index (χ1n) is 12.5. The quantitative estimate of drug-likeness (QED) is 0.185. The summed E-state index contributed by atoms with van der Waals surface area (Å²) in [5.74, 6) is -0.311. The molecule has 0 bridgehead atoms. The molecular weight excluding hydrogens is 553 g/mol. The Bertz CT molecular complexity index is 1610. The summed E-state index contributed by atoms with van der Waals surface area (Å²) >= 11 is 12.2. The lowest BCUT2D eigenvalue weighted by molar-refractivity contribution is 0.0510. The third-order valence-corrected chi connectivity index (χ3v) is 6.66. The van der Waals surface area contributed by atoms with Crippen LogP contribution in [0.3, 0.4) is 0 Å². The first kappa shape index (κ1) is 27.2. The molecule has 2 aromatic carbocycles. The lowest BCUT2D eigenvalue weighted by Crippen LogP contribution is -2.09. The summed E-state index contributed by atoms with van der Waals surface area (Å²) in [4.78, 5) is 34.9. The number of fused-ring (bicyclic) bond motifs is 3. The van der Waals surface area contributed by atoms with Gasteiger partial charge >= 0.3 is 11.9 Å². The highest BCUT2D eigenvalue weighted by Gasteiger charge is 2.24. The summed E-state index contributed by atoms with van der Waals surface area (Å²) in [6.45, 7) is 3.87. The fraction of sp³-hybridized carbons (Fsp3) is 0.172. The second-order valence-corrected chi connectivity index (χ2v) is 9.64. The maximum atomic E-state index is 12.8. The molecule has 0 saturated heterocycles. The van der Waals surface area contributed by atoms with Crippen LogP contribution in [0.15, 0.2) is 60.7 Å². The van der Waals surface area contributed by atoms with Gasteiger partial charge in [-0.25, -0.2) is 19.6 Å². The summed E-state index contributed by atoms with van der Waals surface area (Å²) in [6.07, 6.45) is 0. The number of benzene rings is 2. The minimum atomic E-state index is -0.557. The number of nitrogens with one attached hydrogen (secondary N) is 2. The van der Waals surface area contributed by atoms with Gasteiger partial charge in [-0.15, -0.1) is 0 Å². The molecule has 0 amide bonds. The molecule has 5 rings (SSSR count). The Morgan fingerprint density at radius 3 is 1.45 bits per heavy atom. The number of esters is 2. The highest BCUT2D eigenvalue weighted by Crippen LogP contribution is 2.39. The molecule has 11 heteroatoms. The monoisotopic (exact) mass is 577 g/mol. The SMILES string of the molecule is CCOC(=O)c1cc2c(c(Nc3ccc(Cl)cc3)n1)c1c(Nc3ccc(Cl)cc3)nc(C(=O)OCC)cc1n2C. The van der Waals surface area contributed by atoms with Crippen LogP contribution in [-0.2, 0) is 16.5 Å². The number of halogens is 2. The van der Waals surface area contributed by atoms with Crippen LogP contribution in [0.2, 0.25) is 10.0 Å². The van der Waals surface area contributed by atoms with Gasteiger partial charge in [-0.3, -0.25) is 0 Å². The molecule has 0 fully saturated rings. The number of carbonyl (C=O) groups excluding carboxylic acids is 2. The van der Waals surface area contributed by atoms with E-state index in [9.17, 15) is 9.59 Å². The largest absolute Gasteiger partial charge is 0.461 e. The summed E-state index contributed by atoms with van der Waals surface area (Å²) in [7, 11) is 1.84. The molecule has 0 aliphatic carbocycles. The van der Waals surface area contributed by atoms with Crippen molar-refractivity contribution in [2.75, 3.05) is 23.8 Å². The van der Waals surface area contributed by atoms with Gasteiger partial charge in [-0.2, -0.15) is 0 Å². The van der Waals surface area contributed by atoms with Crippen LogP contribution >= 0.6 is 23.2 Å². The van der Waals surface area contributed by atoms with Crippen LogP contribution in [0.5, 0.6) is 0 Å². The van der Waals surface area contributed by atoms with Crippen molar-refractivity contribution in [3.05, 3.63) is 82.1 Å². The van der Waals surface area contributed by atoms with E-state index < -0.39 is 11.9 Å². The number of hydrogen-bond donors (Lipinski definition) is 2. The molecule has 9 nitrogen and oxygen atoms in total. The zero-order valence-corrected chi connectivity index (χ0v) is 23.4. The zero-order valence-electron chi connectivity index (χ0n) is 21.9. The highest BCUT2D eigenvalue weighted by molar-refractivity contribution is 6.31. The number of anilines is 4. The van der Waals surface area contributed by atoms with Crippen molar-refractivity contribution in [2.24, 2.45) is 7.05 Å². The average Bonchev–Trinajstić information content (AvgIpc) is 3.23. The molecule has 204 valence electrons. The Hall–Kier alpha value is -4.34. The third-order valence-electron chi connectivity index (χ3n) is 6.15. The zero-order chi connectivity index (χ0) is 28.4. The predicted molar refractivity (Wildman–Crippen MR) is 157 cm³/mol. The van der Waals surface area contributed by atoms with Gasteiger partial charge in [0.25, 0.3) is 0 Å². The van der Waals surface area contributed by atoms with Gasteiger partial charge < -0.3 is 24.7 Å². The Balaban J connectivity index is 1.81. The van der Waals surface area contributed by atoms with Crippen molar-refractivity contribution in [3.8, 4) is 0 Å². The lowest BCUT2D eigenvalue weighted by Gasteiger charge is -2.12. The van der Waals surface area contributed by atoms with Crippen molar-refractivity contribution < 1.29 is 19.1 Å². The van der Waals surface area contributed by atoms with Crippen LogP contribution in [0.1, 0.15) is 34.8 Å². The van der Waals surface area contributed by atoms with Crippen LogP contribution < -0.4 is 10.6 Å². The number of hydrogen-bond acceptors (Lipinski definition) is 8. The van der Waals surface area contributed by atoms with Gasteiger partial charge in [0.1, 0.15) is 11.6 Å². The van der Waals surface area contributed by atoms with E-state index in [1.807, 2.05) is 35.9 Å². The maximum Gasteiger partial charge on any atom is 0.357 e. The predicted octanol–water partition coefficient (Wildman–Crippen LogP) is 7.27. The number of aromatic nitrogens is 3. The standard InChI is InChI=1S/C29H25Cl2N5O4/c1-4-39-28(37)20-14-22-24(26(34-20)32-18-10-6-16(30)7-11-18)25-23(36(22)3)15-21(29(38)40-5-2)35-27(25)33-19-12-8-17(31)9-13-19/h6-15H,4-5H2,1-3H3,(H,32,34)(H,33,35). The van der Waals surface area contributed by atoms with E-state index >= 15 is 0 Å². The average molecular weight is 578 g/mol. The van der Waals surface area contributed by atoms with E-state index in [1.165, 1.54) is 0 Å². The molecule has 0 radical (unpaired) electrons. The fourth-order valence-electron chi connectivity index (χ4n) is 4.35. The number of pyridine rings is 2. The first-order chi connectivity index (χ1) is 19.3. The van der Waals surface area contributed by atoms with Gasteiger partial charge in [0, 0.05) is 28.5 Å². The van der Waals surface area contributed by atoms with E-state index in [-0.39, 0.29) is 24.6 Å². The van der Waals surface area contributed by atoms with Crippen LogP contribution in [-0.4, -0.2) is 39.7 Å². The first-order valence-corrected chi connectivity index (χ1v) is 13.3. The summed E-state index contributed by atoms with van der Waals surface area (Å²) < 4.78 is 12.4. The maximum absolute atomic E-state index is 12.8. The van der Waals surface area contributed by atoms with Crippen molar-refractivity contribution in [3.63, 3.8) is 0 Å². The molecule has 0 saturated carbocycles. The van der Waals surface area contributed by atoms with Gasteiger partial charge in [-0.1, -0.05) is 23.2 Å². The second kappa shape index (κ2) is 11.4. The molecule has 2 N–H and O–H groups in total. The van der Waals surface area contributed by atoms with Gasteiger partial charge in [0.15, 0.2) is 11.4 Å². The number of carbonyl (C=O) groups is 2. The number of aryl methyl sites for hydroxylation is 1. The number of ether oxygens (including phenoxy) is 2. The third kappa shape index (κ3) is 5.38. The number of nitrogens with zero attached hydrogens (tertiary/aromatic N) is 3. The summed E-state index contributed by atoms with van der Waals surface area (Å²) in [5.41, 5.74) is 3.02. The van der Waals surface area contributed by atoms with Crippen LogP contribution in [0.4, 0.5) is 23.0 Å². The van der Waals surface area contributed by atoms with Crippen molar-refractivity contribution in [1.29, 1.82) is 0 Å². The highest BCUT2D eigenvalue weighted by atomic mass is 35.5. The molecule has 0 spiro atoms. The topological polar surface area (TPSA) is 107 Å². The van der Waals surface area contributed by atoms with Crippen molar-refractivity contribution in [1.82, 2.24) is 14.5 Å². The Morgan fingerprint density at radius 2 is 1.10 bits per heavy atom. The molecule has 40 heavy (non-hydrogen) atoms. The van der Waals surface area contributed by atoms with E-state index in [0.29, 0.717) is 54.9 Å². The van der Waals surface area contributed by atoms with Crippen molar-refractivity contribution in [2.45, 2.75) is 13.8 Å². The molecule has 0 aliphatic rings. The summed E-state index contributed by atoms with van der Waals surface area (Å²) in [6, 6.07) is 17.6. The van der Waals surface area contributed by atoms with Crippen molar-refractivity contribution >= 4 is 80.0 Å². The van der Waals surface area contributed by atoms with Crippen LogP contribution in [0.25, 0.3) is 21.8 Å². The van der Waals surface area contributed by atoms with E-state index in [1.54, 1.807) is 50.2 Å². The van der Waals surface area contributed by atoms with Gasteiger partial charge in [-0.05, 0) is 74.5 Å². The molecule has 0 unspecified atom stereocenters. The normalized spacial score (nSPS) is 11.0. The Kier molecular flexibility index (Phi) is 7.77. The van der Waals surface area contributed by atoms with E-state index in [4.69, 9.17) is 32.7 Å². The van der Waals surface area contributed by atoms with Gasteiger partial charge in [0.05, 0.1) is 35.0 Å². The van der Waals surface area contributed by atoms with Gasteiger partial charge in [0.2, 0.25) is 0 Å². The van der Waals surface area contributed by atoms with E-state index in [0.717, 1.165) is 0 Å². The molecule has 0 aliphatic heterocycles. The van der Waals surface area contributed by atoms with E-state index in [2.05, 4.69) is 20.6 Å².